The number of nitro groups is 1. The van der Waals surface area contributed by atoms with Crippen LogP contribution in [0.2, 0.25) is 5.02 Å². The Labute approximate surface area is 126 Å². The van der Waals surface area contributed by atoms with E-state index in [2.05, 4.69) is 0 Å². The molecule has 0 radical (unpaired) electrons. The molecule has 114 valence electrons. The lowest BCUT2D eigenvalue weighted by molar-refractivity contribution is -0.383. The average Bonchev–Trinajstić information content (AvgIpc) is 2.49. The lowest BCUT2D eigenvalue weighted by atomic mass is 10.1. The predicted octanol–water partition coefficient (Wildman–Crippen LogP) is 2.08. The Hall–Kier alpha value is -1.86. The molecule has 0 aliphatic carbocycles. The summed E-state index contributed by atoms with van der Waals surface area (Å²) in [6.45, 7) is 1.10. The van der Waals surface area contributed by atoms with Gasteiger partial charge in [-0.3, -0.25) is 14.9 Å². The molecule has 1 aliphatic heterocycles. The van der Waals surface area contributed by atoms with Crippen molar-refractivity contribution in [3.8, 4) is 0 Å². The summed E-state index contributed by atoms with van der Waals surface area (Å²) in [4.78, 5) is 24.3. The third kappa shape index (κ3) is 3.25. The number of nitro benzene ring substituents is 1. The summed E-state index contributed by atoms with van der Waals surface area (Å²) in [6, 6.07) is 2.54. The molecule has 1 aliphatic rings. The third-order valence-electron chi connectivity index (χ3n) is 3.61. The first-order chi connectivity index (χ1) is 9.93. The molecule has 1 aromatic rings. The molecule has 2 N–H and O–H groups in total. The Morgan fingerprint density at radius 1 is 1.48 bits per heavy atom. The van der Waals surface area contributed by atoms with Crippen LogP contribution in [0.15, 0.2) is 12.1 Å². The zero-order chi connectivity index (χ0) is 15.6. The van der Waals surface area contributed by atoms with E-state index in [9.17, 15) is 14.9 Å². The Kier molecular flexibility index (Phi) is 4.64. The van der Waals surface area contributed by atoms with Crippen molar-refractivity contribution in [1.29, 1.82) is 0 Å². The van der Waals surface area contributed by atoms with Crippen molar-refractivity contribution >= 4 is 28.9 Å². The van der Waals surface area contributed by atoms with Crippen molar-refractivity contribution in [3.05, 3.63) is 32.8 Å². The van der Waals surface area contributed by atoms with Gasteiger partial charge in [0.15, 0.2) is 0 Å². The van der Waals surface area contributed by atoms with E-state index in [1.165, 1.54) is 12.1 Å². The lowest BCUT2D eigenvalue weighted by Crippen LogP contribution is -2.40. The molecule has 0 unspecified atom stereocenters. The maximum Gasteiger partial charge on any atom is 0.294 e. The fourth-order valence-corrected chi connectivity index (χ4v) is 2.57. The van der Waals surface area contributed by atoms with Crippen LogP contribution in [0.4, 0.5) is 11.4 Å². The zero-order valence-electron chi connectivity index (χ0n) is 11.5. The smallest absolute Gasteiger partial charge is 0.294 e. The van der Waals surface area contributed by atoms with E-state index < -0.39 is 4.92 Å². The lowest BCUT2D eigenvalue weighted by Gasteiger charge is -2.31. The second kappa shape index (κ2) is 6.28. The summed E-state index contributed by atoms with van der Waals surface area (Å²) in [6.07, 6.45) is 1.64. The van der Waals surface area contributed by atoms with Crippen LogP contribution in [0.25, 0.3) is 0 Å². The minimum atomic E-state index is -0.644. The first-order valence-electron chi connectivity index (χ1n) is 6.49. The Bertz CT molecular complexity index is 571. The largest absolute Gasteiger partial charge is 0.392 e. The number of nitrogens with zero attached hydrogens (tertiary/aromatic N) is 2. The highest BCUT2D eigenvalue weighted by molar-refractivity contribution is 6.34. The first-order valence-corrected chi connectivity index (χ1v) is 6.87. The number of nitrogen functional groups attached to an aromatic ring is 1. The van der Waals surface area contributed by atoms with Crippen molar-refractivity contribution in [2.45, 2.75) is 18.9 Å². The fourth-order valence-electron chi connectivity index (χ4n) is 2.36. The number of methoxy groups -OCH3 is 1. The van der Waals surface area contributed by atoms with Gasteiger partial charge in [0.25, 0.3) is 11.6 Å². The van der Waals surface area contributed by atoms with Crippen LogP contribution in [0.5, 0.6) is 0 Å². The van der Waals surface area contributed by atoms with E-state index in [4.69, 9.17) is 22.1 Å². The molecule has 0 atom stereocenters. The number of nitrogens with two attached hydrogens (primary N) is 1. The quantitative estimate of drug-likeness (QED) is 0.523. The molecule has 0 spiro atoms. The zero-order valence-corrected chi connectivity index (χ0v) is 12.3. The molecule has 8 heteroatoms. The molecule has 0 saturated carbocycles. The van der Waals surface area contributed by atoms with Gasteiger partial charge in [0.1, 0.15) is 5.69 Å². The van der Waals surface area contributed by atoms with Crippen LogP contribution in [0.1, 0.15) is 23.2 Å². The highest BCUT2D eigenvalue weighted by Gasteiger charge is 2.26. The number of hydrogen-bond acceptors (Lipinski definition) is 5. The highest BCUT2D eigenvalue weighted by atomic mass is 35.5. The van der Waals surface area contributed by atoms with E-state index in [1.807, 2.05) is 0 Å². The Morgan fingerprint density at radius 3 is 2.62 bits per heavy atom. The van der Waals surface area contributed by atoms with Crippen LogP contribution >= 0.6 is 11.6 Å². The molecule has 1 aromatic carbocycles. The predicted molar refractivity (Wildman–Crippen MR) is 78.5 cm³/mol. The van der Waals surface area contributed by atoms with Crippen LogP contribution in [0.3, 0.4) is 0 Å². The first kappa shape index (κ1) is 15.5. The molecule has 0 aromatic heterocycles. The number of amides is 1. The van der Waals surface area contributed by atoms with Crippen LogP contribution < -0.4 is 5.73 Å². The molecular weight excluding hydrogens is 298 g/mol. The molecular formula is C13H16ClN3O4. The molecule has 2 rings (SSSR count). The van der Waals surface area contributed by atoms with Gasteiger partial charge in [0, 0.05) is 31.8 Å². The van der Waals surface area contributed by atoms with Crippen molar-refractivity contribution in [2.24, 2.45) is 0 Å². The minimum Gasteiger partial charge on any atom is -0.392 e. The van der Waals surface area contributed by atoms with Crippen molar-refractivity contribution < 1.29 is 14.5 Å². The van der Waals surface area contributed by atoms with Gasteiger partial charge in [-0.2, -0.15) is 0 Å². The van der Waals surface area contributed by atoms with Crippen molar-refractivity contribution in [1.82, 2.24) is 4.90 Å². The molecule has 21 heavy (non-hydrogen) atoms. The number of carbonyl (C=O) groups excluding carboxylic acids is 1. The van der Waals surface area contributed by atoms with Crippen LogP contribution in [-0.2, 0) is 4.74 Å². The number of hydrogen-bond donors (Lipinski definition) is 1. The average molecular weight is 314 g/mol. The SMILES string of the molecule is COC1CCN(C(=O)c2cc(Cl)c(N)c([N+](=O)[O-])c2)CC1. The summed E-state index contributed by atoms with van der Waals surface area (Å²) < 4.78 is 5.25. The molecule has 1 fully saturated rings. The number of benzene rings is 1. The summed E-state index contributed by atoms with van der Waals surface area (Å²) in [5.41, 5.74) is 5.25. The van der Waals surface area contributed by atoms with Gasteiger partial charge in [-0.1, -0.05) is 11.6 Å². The number of piperidine rings is 1. The maximum atomic E-state index is 12.4. The normalized spacial score (nSPS) is 16.0. The van der Waals surface area contributed by atoms with E-state index >= 15 is 0 Å². The topological polar surface area (TPSA) is 98.7 Å². The molecule has 1 heterocycles. The number of halogens is 1. The summed E-state index contributed by atoms with van der Waals surface area (Å²) >= 11 is 5.87. The summed E-state index contributed by atoms with van der Waals surface area (Å²) in [5.74, 6) is -0.283. The van der Waals surface area contributed by atoms with E-state index in [-0.39, 0.29) is 34.0 Å². The van der Waals surface area contributed by atoms with Crippen LogP contribution in [-0.4, -0.2) is 42.0 Å². The number of anilines is 1. The molecule has 7 nitrogen and oxygen atoms in total. The van der Waals surface area contributed by atoms with E-state index in [0.717, 1.165) is 12.8 Å². The third-order valence-corrected chi connectivity index (χ3v) is 3.93. The van der Waals surface area contributed by atoms with Gasteiger partial charge in [0.05, 0.1) is 16.0 Å². The molecule has 1 saturated heterocycles. The maximum absolute atomic E-state index is 12.4. The number of carbonyl (C=O) groups is 1. The second-order valence-electron chi connectivity index (χ2n) is 4.88. The minimum absolute atomic E-state index is 0.0133. The second-order valence-corrected chi connectivity index (χ2v) is 5.28. The Morgan fingerprint density at radius 2 is 2.10 bits per heavy atom. The van der Waals surface area contributed by atoms with Gasteiger partial charge in [0.2, 0.25) is 0 Å². The summed E-state index contributed by atoms with van der Waals surface area (Å²) in [7, 11) is 1.64. The highest BCUT2D eigenvalue weighted by Crippen LogP contribution is 2.31. The number of ether oxygens (including phenoxy) is 1. The van der Waals surface area contributed by atoms with Gasteiger partial charge < -0.3 is 15.4 Å². The summed E-state index contributed by atoms with van der Waals surface area (Å²) in [5, 5.41) is 10.9. The Balaban J connectivity index is 2.22. The molecule has 0 bridgehead atoms. The van der Waals surface area contributed by atoms with Crippen LogP contribution in [0, 0.1) is 10.1 Å². The number of likely N-dealkylation sites (tertiary alicyclic amines) is 1. The van der Waals surface area contributed by atoms with Gasteiger partial charge in [-0.05, 0) is 18.9 Å². The van der Waals surface area contributed by atoms with Gasteiger partial charge in [-0.25, -0.2) is 0 Å². The van der Waals surface area contributed by atoms with E-state index in [1.54, 1.807) is 12.0 Å². The van der Waals surface area contributed by atoms with E-state index in [0.29, 0.717) is 13.1 Å². The fraction of sp³-hybridized carbons (Fsp3) is 0.462. The van der Waals surface area contributed by atoms with Crippen molar-refractivity contribution in [3.63, 3.8) is 0 Å². The monoisotopic (exact) mass is 313 g/mol. The standard InChI is InChI=1S/C13H16ClN3O4/c1-21-9-2-4-16(5-3-9)13(18)8-6-10(14)12(15)11(7-8)17(19)20/h6-7,9H,2-5,15H2,1H3. The van der Waals surface area contributed by atoms with Gasteiger partial charge in [-0.15, -0.1) is 0 Å². The molecule has 1 amide bonds. The van der Waals surface area contributed by atoms with Crippen molar-refractivity contribution in [2.75, 3.05) is 25.9 Å². The van der Waals surface area contributed by atoms with Gasteiger partial charge >= 0.3 is 0 Å². The number of rotatable bonds is 3.